The Morgan fingerprint density at radius 1 is 1.20 bits per heavy atom. The van der Waals surface area contributed by atoms with E-state index in [1.165, 1.54) is 16.0 Å². The van der Waals surface area contributed by atoms with Gasteiger partial charge in [0.25, 0.3) is 5.91 Å². The van der Waals surface area contributed by atoms with Gasteiger partial charge < -0.3 is 5.32 Å². The van der Waals surface area contributed by atoms with Crippen molar-refractivity contribution in [3.05, 3.63) is 68.2 Å². The van der Waals surface area contributed by atoms with E-state index in [9.17, 15) is 4.79 Å². The quantitative estimate of drug-likeness (QED) is 0.429. The summed E-state index contributed by atoms with van der Waals surface area (Å²) in [5, 5.41) is 5.98. The van der Waals surface area contributed by atoms with Crippen molar-refractivity contribution < 1.29 is 4.79 Å². The predicted molar refractivity (Wildman–Crippen MR) is 130 cm³/mol. The van der Waals surface area contributed by atoms with Gasteiger partial charge in [-0.05, 0) is 72.2 Å². The fourth-order valence-corrected chi connectivity index (χ4v) is 6.04. The van der Waals surface area contributed by atoms with Crippen LogP contribution in [0.25, 0.3) is 0 Å². The van der Waals surface area contributed by atoms with E-state index in [1.807, 2.05) is 36.5 Å². The van der Waals surface area contributed by atoms with Crippen molar-refractivity contribution in [1.29, 1.82) is 0 Å². The van der Waals surface area contributed by atoms with Crippen molar-refractivity contribution in [2.24, 2.45) is 16.3 Å². The van der Waals surface area contributed by atoms with Gasteiger partial charge in [-0.2, -0.15) is 0 Å². The Kier molecular flexibility index (Phi) is 5.94. The number of carbonyl (C=O) groups is 1. The molecular weight excluding hydrogens is 408 g/mol. The van der Waals surface area contributed by atoms with Gasteiger partial charge in [0.1, 0.15) is 5.00 Å². The van der Waals surface area contributed by atoms with Crippen LogP contribution in [-0.4, -0.2) is 12.1 Å². The molecule has 2 aromatic heterocycles. The molecule has 1 aliphatic rings. The van der Waals surface area contributed by atoms with Crippen molar-refractivity contribution in [3.8, 4) is 0 Å². The van der Waals surface area contributed by atoms with Crippen LogP contribution < -0.4 is 5.32 Å². The van der Waals surface area contributed by atoms with Gasteiger partial charge in [0, 0.05) is 21.7 Å². The highest BCUT2D eigenvalue weighted by molar-refractivity contribution is 7.16. The number of anilines is 1. The van der Waals surface area contributed by atoms with E-state index in [0.717, 1.165) is 40.4 Å². The van der Waals surface area contributed by atoms with E-state index >= 15 is 0 Å². The van der Waals surface area contributed by atoms with Crippen LogP contribution in [-0.2, 0) is 12.8 Å². The van der Waals surface area contributed by atoms with E-state index in [1.54, 1.807) is 22.7 Å². The van der Waals surface area contributed by atoms with Crippen LogP contribution in [0.4, 0.5) is 10.7 Å². The first kappa shape index (κ1) is 21.0. The van der Waals surface area contributed by atoms with Crippen molar-refractivity contribution in [2.75, 3.05) is 5.32 Å². The number of rotatable bonds is 4. The van der Waals surface area contributed by atoms with E-state index in [-0.39, 0.29) is 11.3 Å². The summed E-state index contributed by atoms with van der Waals surface area (Å²) < 4.78 is 0. The van der Waals surface area contributed by atoms with Crippen LogP contribution in [0.2, 0.25) is 0 Å². The molecule has 0 fully saturated rings. The van der Waals surface area contributed by atoms with E-state index in [4.69, 9.17) is 4.99 Å². The second kappa shape index (κ2) is 8.48. The molecule has 3 nitrogen and oxygen atoms in total. The summed E-state index contributed by atoms with van der Waals surface area (Å²) in [6.45, 7) is 9.04. The Balaban J connectivity index is 1.71. The average Bonchev–Trinajstić information content (AvgIpc) is 3.28. The molecule has 4 rings (SSSR count). The number of thiophene rings is 2. The molecule has 2 heterocycles. The zero-order valence-corrected chi connectivity index (χ0v) is 19.6. The smallest absolute Gasteiger partial charge is 0.259 e. The zero-order valence-electron chi connectivity index (χ0n) is 18.0. The van der Waals surface area contributed by atoms with Gasteiger partial charge in [0.05, 0.1) is 5.56 Å². The maximum Gasteiger partial charge on any atom is 0.259 e. The molecule has 0 radical (unpaired) electrons. The third kappa shape index (κ3) is 4.42. The summed E-state index contributed by atoms with van der Waals surface area (Å²) in [5.41, 5.74) is 4.26. The van der Waals surface area contributed by atoms with Crippen molar-refractivity contribution >= 4 is 45.5 Å². The number of carbonyl (C=O) groups excluding carboxylic acids is 1. The number of hydrogen-bond acceptors (Lipinski definition) is 4. The Morgan fingerprint density at radius 2 is 1.97 bits per heavy atom. The van der Waals surface area contributed by atoms with Crippen molar-refractivity contribution in [3.63, 3.8) is 0 Å². The molecule has 0 unspecified atom stereocenters. The molecule has 3 aromatic rings. The number of hydrogen-bond donors (Lipinski definition) is 1. The van der Waals surface area contributed by atoms with E-state index in [2.05, 4.69) is 44.5 Å². The lowest BCUT2D eigenvalue weighted by atomic mass is 9.72. The summed E-state index contributed by atoms with van der Waals surface area (Å²) in [7, 11) is 0. The normalized spacial score (nSPS) is 16.6. The molecule has 1 aliphatic carbocycles. The monoisotopic (exact) mass is 436 g/mol. The summed E-state index contributed by atoms with van der Waals surface area (Å²) in [5.74, 6) is 0.577. The predicted octanol–water partition coefficient (Wildman–Crippen LogP) is 7.27. The molecule has 0 saturated heterocycles. The Bertz CT molecular complexity index is 1070. The van der Waals surface area contributed by atoms with Gasteiger partial charge in [-0.15, -0.1) is 22.7 Å². The Morgan fingerprint density at radius 3 is 2.63 bits per heavy atom. The fourth-order valence-electron chi connectivity index (χ4n) is 3.98. The van der Waals surface area contributed by atoms with Gasteiger partial charge in [-0.3, -0.25) is 4.79 Å². The van der Waals surface area contributed by atoms with Crippen LogP contribution in [0.15, 0.2) is 46.8 Å². The molecule has 1 aromatic carbocycles. The van der Waals surface area contributed by atoms with Gasteiger partial charge in [-0.1, -0.05) is 39.0 Å². The zero-order chi connectivity index (χ0) is 21.3. The van der Waals surface area contributed by atoms with Crippen LogP contribution in [0.1, 0.15) is 58.4 Å². The molecule has 1 N–H and O–H groups in total. The number of aryl methyl sites for hydroxylation is 1. The lowest BCUT2D eigenvalue weighted by molar-refractivity contribution is 0.102. The third-order valence-electron chi connectivity index (χ3n) is 5.93. The first-order valence-corrected chi connectivity index (χ1v) is 12.1. The molecule has 0 saturated carbocycles. The number of amides is 1. The summed E-state index contributed by atoms with van der Waals surface area (Å²) >= 11 is 3.37. The van der Waals surface area contributed by atoms with Crippen LogP contribution in [0, 0.1) is 18.3 Å². The highest BCUT2D eigenvalue weighted by Crippen LogP contribution is 2.45. The van der Waals surface area contributed by atoms with Gasteiger partial charge >= 0.3 is 0 Å². The first-order valence-electron chi connectivity index (χ1n) is 10.4. The number of nitrogens with one attached hydrogen (secondary N) is 1. The molecule has 0 spiro atoms. The summed E-state index contributed by atoms with van der Waals surface area (Å²) in [6.07, 6.45) is 5.01. The molecular formula is C25H28N2OS2. The summed E-state index contributed by atoms with van der Waals surface area (Å²) in [4.78, 5) is 20.6. The maximum atomic E-state index is 13.3. The third-order valence-corrected chi connectivity index (χ3v) is 8.05. The minimum absolute atomic E-state index is 0.0528. The number of fused-ring (bicyclic) bond motifs is 1. The minimum atomic E-state index is -0.0528. The Hall–Kier alpha value is -2.24. The van der Waals surface area contributed by atoms with Gasteiger partial charge in [0.2, 0.25) is 0 Å². The van der Waals surface area contributed by atoms with Crippen LogP contribution in [0.3, 0.4) is 0 Å². The minimum Gasteiger partial charge on any atom is -0.322 e. The molecule has 5 heteroatoms. The van der Waals surface area contributed by atoms with Gasteiger partial charge in [0.15, 0.2) is 0 Å². The standard InChI is InChI=1S/C25H28N2OS2/c1-16-12-13-29-21(16)15-26-24-22(23(28)27-18-8-6-5-7-9-18)19-11-10-17(25(2,3)4)14-20(19)30-24/h5-9,12-13,15,17H,10-11,14H2,1-4H3,(H,27,28)/t17-/m0/s1. The average molecular weight is 437 g/mol. The van der Waals surface area contributed by atoms with E-state index in [0.29, 0.717) is 5.92 Å². The molecule has 1 atom stereocenters. The highest BCUT2D eigenvalue weighted by atomic mass is 32.1. The molecule has 30 heavy (non-hydrogen) atoms. The number of para-hydroxylation sites is 1. The van der Waals surface area contributed by atoms with E-state index < -0.39 is 0 Å². The van der Waals surface area contributed by atoms with Crippen LogP contribution >= 0.6 is 22.7 Å². The number of benzene rings is 1. The van der Waals surface area contributed by atoms with Crippen molar-refractivity contribution in [2.45, 2.75) is 47.0 Å². The second-order valence-corrected chi connectivity index (χ2v) is 11.1. The van der Waals surface area contributed by atoms with Gasteiger partial charge in [-0.25, -0.2) is 4.99 Å². The van der Waals surface area contributed by atoms with Crippen molar-refractivity contribution in [1.82, 2.24) is 0 Å². The lowest BCUT2D eigenvalue weighted by Gasteiger charge is -2.33. The summed E-state index contributed by atoms with van der Waals surface area (Å²) in [6, 6.07) is 11.8. The number of aliphatic imine (C=N–C) groups is 1. The SMILES string of the molecule is Cc1ccsc1C=Nc1sc2c(c1C(=O)Nc1ccccc1)CC[C@H](C(C)(C)C)C2. The lowest BCUT2D eigenvalue weighted by Crippen LogP contribution is -2.27. The molecule has 0 bridgehead atoms. The first-order chi connectivity index (χ1) is 14.3. The highest BCUT2D eigenvalue weighted by Gasteiger charge is 2.33. The second-order valence-electron chi connectivity index (χ2n) is 9.04. The maximum absolute atomic E-state index is 13.3. The van der Waals surface area contributed by atoms with Crippen LogP contribution in [0.5, 0.6) is 0 Å². The number of nitrogens with zero attached hydrogens (tertiary/aromatic N) is 1. The molecule has 1 amide bonds. The fraction of sp³-hybridized carbons (Fsp3) is 0.360. The molecule has 156 valence electrons. The topological polar surface area (TPSA) is 41.5 Å². The molecule has 0 aliphatic heterocycles. The Labute approximate surface area is 186 Å². The largest absolute Gasteiger partial charge is 0.322 e.